The number of aliphatic hydroxyl groups is 1. The first-order valence-corrected chi connectivity index (χ1v) is 9.81. The van der Waals surface area contributed by atoms with Crippen LogP contribution < -0.4 is 4.74 Å². The van der Waals surface area contributed by atoms with Crippen LogP contribution in [0.25, 0.3) is 0 Å². The molecule has 172 valence electrons. The molecule has 2 aromatic rings. The predicted molar refractivity (Wildman–Crippen MR) is 109 cm³/mol. The highest BCUT2D eigenvalue weighted by molar-refractivity contribution is 5.76. The third kappa shape index (κ3) is 4.73. The zero-order chi connectivity index (χ0) is 23.5. The molecular weight excluding hydrogens is 427 g/mol. The van der Waals surface area contributed by atoms with Crippen molar-refractivity contribution in [1.82, 2.24) is 4.90 Å². The number of methoxy groups -OCH3 is 1. The van der Waals surface area contributed by atoms with Crippen LogP contribution in [0, 0.1) is 0 Å². The molecule has 1 saturated heterocycles. The fourth-order valence-electron chi connectivity index (χ4n) is 3.54. The molecule has 0 amide bonds. The number of halogens is 3. The van der Waals surface area contributed by atoms with E-state index in [1.165, 1.54) is 19.2 Å². The van der Waals surface area contributed by atoms with Crippen molar-refractivity contribution >= 4 is 5.78 Å². The van der Waals surface area contributed by atoms with E-state index in [1.54, 1.807) is 36.4 Å². The molecule has 0 saturated carbocycles. The molecular formula is C23H24F3NO5. The van der Waals surface area contributed by atoms with Gasteiger partial charge in [0.1, 0.15) is 24.2 Å². The van der Waals surface area contributed by atoms with Crippen LogP contribution in [-0.4, -0.2) is 40.9 Å². The van der Waals surface area contributed by atoms with Gasteiger partial charge in [-0.3, -0.25) is 4.79 Å². The number of carbonyl (C=O) groups is 1. The Balaban J connectivity index is 1.99. The number of ether oxygens (including phenoxy) is 3. The highest BCUT2D eigenvalue weighted by atomic mass is 19.4. The van der Waals surface area contributed by atoms with Crippen LogP contribution in [0.15, 0.2) is 67.1 Å². The molecule has 2 aromatic carbocycles. The maximum Gasteiger partial charge on any atom is 0.445 e. The Morgan fingerprint density at radius 3 is 2.34 bits per heavy atom. The Morgan fingerprint density at radius 2 is 1.81 bits per heavy atom. The number of hydrogen-bond donors (Lipinski definition) is 1. The smallest absolute Gasteiger partial charge is 0.445 e. The summed E-state index contributed by atoms with van der Waals surface area (Å²) in [5.41, 5.74) is 1.06. The minimum absolute atomic E-state index is 0.0305. The normalized spacial score (nSPS) is 23.1. The molecule has 1 aliphatic heterocycles. The second-order valence-corrected chi connectivity index (χ2v) is 7.43. The predicted octanol–water partition coefficient (Wildman–Crippen LogP) is 4.31. The standard InChI is InChI=1S/C23H24F3NO5/c1-15(28)13-20-22(29,23(24,25)26)32-21(18-9-11-19(30-3)12-10-18)27(20)16(2)31-14-17-7-5-4-6-8-17/h4-12,20-21,29H,2,13-14H2,1,3H3/t20-,21?,22?/m0/s1. The molecule has 2 unspecified atom stereocenters. The number of hydrogen-bond acceptors (Lipinski definition) is 6. The quantitative estimate of drug-likeness (QED) is 0.604. The zero-order valence-corrected chi connectivity index (χ0v) is 17.6. The molecule has 1 aliphatic rings. The average molecular weight is 451 g/mol. The van der Waals surface area contributed by atoms with Gasteiger partial charge in [-0.05, 0) is 31.2 Å². The van der Waals surface area contributed by atoms with Crippen molar-refractivity contribution < 1.29 is 37.3 Å². The Hall–Kier alpha value is -3.04. The highest BCUT2D eigenvalue weighted by Gasteiger charge is 2.68. The van der Waals surface area contributed by atoms with Crippen LogP contribution in [-0.2, 0) is 20.9 Å². The van der Waals surface area contributed by atoms with Crippen molar-refractivity contribution in [2.45, 2.75) is 44.2 Å². The van der Waals surface area contributed by atoms with Crippen LogP contribution in [0.1, 0.15) is 30.7 Å². The summed E-state index contributed by atoms with van der Waals surface area (Å²) in [6.45, 7) is 4.95. The molecule has 0 aliphatic carbocycles. The van der Waals surface area contributed by atoms with E-state index >= 15 is 0 Å². The molecule has 0 aromatic heterocycles. The number of carbonyl (C=O) groups excluding carboxylic acids is 1. The maximum atomic E-state index is 13.9. The van der Waals surface area contributed by atoms with E-state index in [1.807, 2.05) is 6.07 Å². The first-order chi connectivity index (χ1) is 15.1. The molecule has 1 heterocycles. The van der Waals surface area contributed by atoms with Gasteiger partial charge in [0.2, 0.25) is 0 Å². The molecule has 0 spiro atoms. The molecule has 3 rings (SSSR count). The number of nitrogens with zero attached hydrogens (tertiary/aromatic N) is 1. The fourth-order valence-corrected chi connectivity index (χ4v) is 3.54. The number of Topliss-reactive ketones (excluding diaryl/α,β-unsaturated/α-hetero) is 1. The van der Waals surface area contributed by atoms with Gasteiger partial charge in [-0.25, -0.2) is 0 Å². The topological polar surface area (TPSA) is 68.2 Å². The van der Waals surface area contributed by atoms with Gasteiger partial charge in [0, 0.05) is 12.0 Å². The Labute approximate surface area is 183 Å². The van der Waals surface area contributed by atoms with Gasteiger partial charge in [0.15, 0.2) is 12.1 Å². The van der Waals surface area contributed by atoms with Crippen molar-refractivity contribution in [2.24, 2.45) is 0 Å². The SMILES string of the molecule is C=C(OCc1ccccc1)N1C(c2ccc(OC)cc2)OC(O)(C(F)(F)F)[C@@H]1CC(C)=O. The van der Waals surface area contributed by atoms with Crippen molar-refractivity contribution in [1.29, 1.82) is 0 Å². The lowest BCUT2D eigenvalue weighted by molar-refractivity contribution is -0.362. The summed E-state index contributed by atoms with van der Waals surface area (Å²) in [7, 11) is 1.46. The Bertz CT molecular complexity index is 948. The number of benzene rings is 2. The van der Waals surface area contributed by atoms with E-state index in [0.29, 0.717) is 11.3 Å². The minimum Gasteiger partial charge on any atom is -0.497 e. The molecule has 9 heteroatoms. The second kappa shape index (κ2) is 9.22. The van der Waals surface area contributed by atoms with Crippen LogP contribution in [0.4, 0.5) is 13.2 Å². The second-order valence-electron chi connectivity index (χ2n) is 7.43. The fraction of sp³-hybridized carbons (Fsp3) is 0.348. The third-order valence-corrected chi connectivity index (χ3v) is 5.16. The van der Waals surface area contributed by atoms with Gasteiger partial charge in [-0.2, -0.15) is 13.2 Å². The van der Waals surface area contributed by atoms with Gasteiger partial charge in [0.25, 0.3) is 5.79 Å². The van der Waals surface area contributed by atoms with Crippen LogP contribution in [0.5, 0.6) is 5.75 Å². The highest BCUT2D eigenvalue weighted by Crippen LogP contribution is 2.50. The van der Waals surface area contributed by atoms with Crippen molar-refractivity contribution in [3.8, 4) is 5.75 Å². The lowest BCUT2D eigenvalue weighted by atomic mass is 10.00. The van der Waals surface area contributed by atoms with E-state index in [9.17, 15) is 23.1 Å². The summed E-state index contributed by atoms with van der Waals surface area (Å²) in [5, 5.41) is 10.6. The summed E-state index contributed by atoms with van der Waals surface area (Å²) in [5.74, 6) is -3.84. The molecule has 0 radical (unpaired) electrons. The summed E-state index contributed by atoms with van der Waals surface area (Å²) in [6.07, 6.45) is -7.21. The molecule has 6 nitrogen and oxygen atoms in total. The van der Waals surface area contributed by atoms with Gasteiger partial charge in [-0.1, -0.05) is 42.5 Å². The number of rotatable bonds is 8. The number of ketones is 1. The molecule has 1 N–H and O–H groups in total. The van der Waals surface area contributed by atoms with Gasteiger partial charge in [0.05, 0.1) is 7.11 Å². The average Bonchev–Trinajstić information content (AvgIpc) is 3.06. The van der Waals surface area contributed by atoms with E-state index in [0.717, 1.165) is 17.4 Å². The largest absolute Gasteiger partial charge is 0.497 e. The summed E-state index contributed by atoms with van der Waals surface area (Å²) in [6, 6.07) is 13.3. The van der Waals surface area contributed by atoms with E-state index < -0.39 is 36.4 Å². The van der Waals surface area contributed by atoms with Crippen molar-refractivity contribution in [3.05, 3.63) is 78.2 Å². The molecule has 32 heavy (non-hydrogen) atoms. The first kappa shape index (κ1) is 23.6. The summed E-state index contributed by atoms with van der Waals surface area (Å²) < 4.78 is 57.8. The summed E-state index contributed by atoms with van der Waals surface area (Å²) in [4.78, 5) is 12.9. The maximum absolute atomic E-state index is 13.9. The van der Waals surface area contributed by atoms with E-state index in [4.69, 9.17) is 14.2 Å². The Kier molecular flexibility index (Phi) is 6.80. The van der Waals surface area contributed by atoms with Crippen LogP contribution >= 0.6 is 0 Å². The van der Waals surface area contributed by atoms with E-state index in [2.05, 4.69) is 6.58 Å². The lowest BCUT2D eigenvalue weighted by Gasteiger charge is -2.34. The number of alkyl halides is 3. The molecule has 1 fully saturated rings. The van der Waals surface area contributed by atoms with Gasteiger partial charge < -0.3 is 24.2 Å². The first-order valence-electron chi connectivity index (χ1n) is 9.81. The molecule has 0 bridgehead atoms. The van der Waals surface area contributed by atoms with E-state index in [-0.39, 0.29) is 12.5 Å². The van der Waals surface area contributed by atoms with Crippen LogP contribution in [0.3, 0.4) is 0 Å². The van der Waals surface area contributed by atoms with Crippen molar-refractivity contribution in [2.75, 3.05) is 7.11 Å². The Morgan fingerprint density at radius 1 is 1.19 bits per heavy atom. The summed E-state index contributed by atoms with van der Waals surface area (Å²) >= 11 is 0. The van der Waals surface area contributed by atoms with Crippen LogP contribution in [0.2, 0.25) is 0 Å². The molecule has 3 atom stereocenters. The minimum atomic E-state index is -5.17. The van der Waals surface area contributed by atoms with Crippen molar-refractivity contribution in [3.63, 3.8) is 0 Å². The third-order valence-electron chi connectivity index (χ3n) is 5.16. The lowest BCUT2D eigenvalue weighted by Crippen LogP contribution is -2.56. The zero-order valence-electron chi connectivity index (χ0n) is 17.6. The van der Waals surface area contributed by atoms with Gasteiger partial charge in [-0.15, -0.1) is 0 Å². The monoisotopic (exact) mass is 451 g/mol. The van der Waals surface area contributed by atoms with Gasteiger partial charge >= 0.3 is 6.18 Å².